The molecule has 35 heavy (non-hydrogen) atoms. The number of benzene rings is 2. The first-order valence-electron chi connectivity index (χ1n) is 12.3. The predicted octanol–water partition coefficient (Wildman–Crippen LogP) is 2.63. The monoisotopic (exact) mass is 498 g/mol. The Hall–Kier alpha value is -2.71. The van der Waals surface area contributed by atoms with E-state index in [-0.39, 0.29) is 41.7 Å². The first-order valence-corrected chi connectivity index (χ1v) is 14.2. The highest BCUT2D eigenvalue weighted by molar-refractivity contribution is 7.90. The van der Waals surface area contributed by atoms with E-state index in [4.69, 9.17) is 0 Å². The van der Waals surface area contributed by atoms with Gasteiger partial charge in [-0.15, -0.1) is 0 Å². The summed E-state index contributed by atoms with van der Waals surface area (Å²) in [7, 11) is -3.44. The van der Waals surface area contributed by atoms with Crippen LogP contribution in [-0.4, -0.2) is 48.6 Å². The maximum absolute atomic E-state index is 13.9. The lowest BCUT2D eigenvalue weighted by Gasteiger charge is -2.44. The van der Waals surface area contributed by atoms with Crippen molar-refractivity contribution in [3.63, 3.8) is 0 Å². The molecular formula is C27H34N2O5S. The van der Waals surface area contributed by atoms with E-state index in [0.29, 0.717) is 11.1 Å². The number of fused-ring (bicyclic) bond motifs is 1. The zero-order valence-corrected chi connectivity index (χ0v) is 21.3. The number of aliphatic hydroxyl groups excluding tert-OH is 1. The third-order valence-electron chi connectivity index (χ3n) is 7.62. The van der Waals surface area contributed by atoms with Crippen molar-refractivity contribution >= 4 is 21.7 Å². The second-order valence-electron chi connectivity index (χ2n) is 9.77. The van der Waals surface area contributed by atoms with Crippen LogP contribution in [0.1, 0.15) is 48.9 Å². The Labute approximate surface area is 207 Å². The van der Waals surface area contributed by atoms with Crippen LogP contribution in [-0.2, 0) is 45.4 Å². The van der Waals surface area contributed by atoms with Crippen LogP contribution in [0.15, 0.2) is 47.4 Å². The van der Waals surface area contributed by atoms with Crippen LogP contribution in [0.4, 0.5) is 0 Å². The van der Waals surface area contributed by atoms with E-state index in [1.807, 2.05) is 26.0 Å². The smallest absolute Gasteiger partial charge is 0.246 e. The number of hydrogen-bond donors (Lipinski definition) is 2. The van der Waals surface area contributed by atoms with Gasteiger partial charge < -0.3 is 15.3 Å². The lowest BCUT2D eigenvalue weighted by molar-refractivity contribution is -0.154. The highest BCUT2D eigenvalue weighted by Crippen LogP contribution is 2.33. The van der Waals surface area contributed by atoms with Crippen molar-refractivity contribution < 1.29 is 23.1 Å². The van der Waals surface area contributed by atoms with Crippen LogP contribution in [0.3, 0.4) is 0 Å². The molecule has 188 valence electrons. The van der Waals surface area contributed by atoms with Gasteiger partial charge in [0.2, 0.25) is 11.8 Å². The summed E-state index contributed by atoms with van der Waals surface area (Å²) in [6.07, 6.45) is 4.09. The van der Waals surface area contributed by atoms with Gasteiger partial charge in [0.25, 0.3) is 0 Å². The van der Waals surface area contributed by atoms with Gasteiger partial charge in [0.05, 0.1) is 11.5 Å². The molecule has 4 rings (SSSR count). The number of carbonyl (C=O) groups is 2. The highest BCUT2D eigenvalue weighted by Gasteiger charge is 2.47. The number of nitrogens with one attached hydrogen (secondary N) is 1. The maximum Gasteiger partial charge on any atom is 0.246 e. The van der Waals surface area contributed by atoms with Gasteiger partial charge in [-0.1, -0.05) is 57.0 Å². The lowest BCUT2D eigenvalue weighted by atomic mass is 9.85. The van der Waals surface area contributed by atoms with Gasteiger partial charge in [-0.3, -0.25) is 9.59 Å². The van der Waals surface area contributed by atoms with E-state index in [1.165, 1.54) is 23.3 Å². The van der Waals surface area contributed by atoms with Crippen LogP contribution in [0.2, 0.25) is 0 Å². The molecule has 0 radical (unpaired) electrons. The SMILES string of the molecule is CCC(CC)[C@@H]1C(=O)NC(C2Cc3ccccc3C2)C(=O)N1Cc1ccc(S(C)(=O)=O)cc1CO. The summed E-state index contributed by atoms with van der Waals surface area (Å²) in [5, 5.41) is 13.0. The summed E-state index contributed by atoms with van der Waals surface area (Å²) >= 11 is 0. The number of sulfone groups is 1. The molecule has 0 spiro atoms. The number of hydrogen-bond acceptors (Lipinski definition) is 5. The van der Waals surface area contributed by atoms with Gasteiger partial charge in [-0.25, -0.2) is 8.42 Å². The third-order valence-corrected chi connectivity index (χ3v) is 8.73. The summed E-state index contributed by atoms with van der Waals surface area (Å²) in [4.78, 5) is 29.2. The number of nitrogens with zero attached hydrogens (tertiary/aromatic N) is 1. The molecule has 0 bridgehead atoms. The van der Waals surface area contributed by atoms with E-state index >= 15 is 0 Å². The quantitative estimate of drug-likeness (QED) is 0.582. The Morgan fingerprint density at radius 1 is 1.03 bits per heavy atom. The molecule has 2 aromatic rings. The summed E-state index contributed by atoms with van der Waals surface area (Å²) in [5.41, 5.74) is 3.52. The second-order valence-corrected chi connectivity index (χ2v) is 11.8. The van der Waals surface area contributed by atoms with Gasteiger partial charge >= 0.3 is 0 Å². The fourth-order valence-corrected chi connectivity index (χ4v) is 6.28. The number of amides is 2. The molecule has 1 fully saturated rings. The topological polar surface area (TPSA) is 104 Å². The van der Waals surface area contributed by atoms with Crippen LogP contribution >= 0.6 is 0 Å². The molecule has 8 heteroatoms. The minimum Gasteiger partial charge on any atom is -0.392 e. The molecule has 1 aliphatic carbocycles. The Bertz CT molecular complexity index is 1200. The molecular weight excluding hydrogens is 464 g/mol. The molecule has 1 aliphatic heterocycles. The van der Waals surface area contributed by atoms with Gasteiger partial charge in [-0.05, 0) is 59.1 Å². The average molecular weight is 499 g/mol. The van der Waals surface area contributed by atoms with E-state index in [9.17, 15) is 23.1 Å². The second kappa shape index (κ2) is 10.1. The standard InChI is InChI=1S/C27H34N2O5S/c1-4-17(5-2)25-26(31)28-24(21-12-18-8-6-7-9-19(18)13-21)27(32)29(25)15-20-10-11-23(35(3,33)34)14-22(20)16-30/h6-11,14,17,21,24-25,30H,4-5,12-13,15-16H2,1-3H3,(H,28,31)/t24?,25-/m1/s1. The van der Waals surface area contributed by atoms with Crippen molar-refractivity contribution in [1.29, 1.82) is 0 Å². The number of carbonyl (C=O) groups excluding carboxylic acids is 2. The molecule has 1 heterocycles. The van der Waals surface area contributed by atoms with Crippen LogP contribution in [0.5, 0.6) is 0 Å². The Balaban J connectivity index is 1.68. The number of piperazine rings is 1. The molecule has 2 aliphatic rings. The zero-order valence-electron chi connectivity index (χ0n) is 20.5. The third kappa shape index (κ3) is 5.00. The number of rotatable bonds is 8. The summed E-state index contributed by atoms with van der Waals surface area (Å²) in [5.74, 6) is -0.277. The van der Waals surface area contributed by atoms with E-state index in [1.54, 1.807) is 11.0 Å². The average Bonchev–Trinajstić information content (AvgIpc) is 3.27. The molecule has 0 saturated carbocycles. The van der Waals surface area contributed by atoms with Crippen LogP contribution in [0, 0.1) is 11.8 Å². The summed E-state index contributed by atoms with van der Waals surface area (Å²) in [6, 6.07) is 11.5. The largest absolute Gasteiger partial charge is 0.392 e. The minimum atomic E-state index is -3.44. The van der Waals surface area contributed by atoms with Crippen molar-refractivity contribution in [2.75, 3.05) is 6.26 Å². The molecule has 1 saturated heterocycles. The van der Waals surface area contributed by atoms with Crippen molar-refractivity contribution in [3.8, 4) is 0 Å². The first kappa shape index (κ1) is 25.4. The van der Waals surface area contributed by atoms with Crippen LogP contribution in [0.25, 0.3) is 0 Å². The van der Waals surface area contributed by atoms with E-state index < -0.39 is 21.9 Å². The first-order chi connectivity index (χ1) is 16.7. The fourth-order valence-electron chi connectivity index (χ4n) is 5.60. The molecule has 7 nitrogen and oxygen atoms in total. The highest BCUT2D eigenvalue weighted by atomic mass is 32.2. The van der Waals surface area contributed by atoms with Crippen molar-refractivity contribution in [2.24, 2.45) is 11.8 Å². The molecule has 0 aromatic heterocycles. The van der Waals surface area contributed by atoms with Crippen molar-refractivity contribution in [2.45, 2.75) is 69.7 Å². The number of aliphatic hydroxyl groups is 1. The molecule has 2 N–H and O–H groups in total. The lowest BCUT2D eigenvalue weighted by Crippen LogP contribution is -2.66. The van der Waals surface area contributed by atoms with Gasteiger partial charge in [0.15, 0.2) is 9.84 Å². The maximum atomic E-state index is 13.9. The van der Waals surface area contributed by atoms with Crippen molar-refractivity contribution in [1.82, 2.24) is 10.2 Å². The van der Waals surface area contributed by atoms with Gasteiger partial charge in [0, 0.05) is 12.8 Å². The Morgan fingerprint density at radius 2 is 1.66 bits per heavy atom. The van der Waals surface area contributed by atoms with Gasteiger partial charge in [-0.2, -0.15) is 0 Å². The molecule has 2 amide bonds. The Kier molecular flexibility index (Phi) is 7.33. The minimum absolute atomic E-state index is 0.00598. The van der Waals surface area contributed by atoms with Crippen molar-refractivity contribution in [3.05, 3.63) is 64.7 Å². The normalized spacial score (nSPS) is 20.9. The molecule has 2 aromatic carbocycles. The van der Waals surface area contributed by atoms with Gasteiger partial charge in [0.1, 0.15) is 12.1 Å². The summed E-state index contributed by atoms with van der Waals surface area (Å²) in [6.45, 7) is 3.82. The summed E-state index contributed by atoms with van der Waals surface area (Å²) < 4.78 is 24.0. The van der Waals surface area contributed by atoms with E-state index in [0.717, 1.165) is 31.9 Å². The molecule has 1 unspecified atom stereocenters. The zero-order chi connectivity index (χ0) is 25.3. The Morgan fingerprint density at radius 3 is 2.20 bits per heavy atom. The van der Waals surface area contributed by atoms with Crippen LogP contribution < -0.4 is 5.32 Å². The predicted molar refractivity (Wildman–Crippen MR) is 133 cm³/mol. The fraction of sp³-hybridized carbons (Fsp3) is 0.481. The van der Waals surface area contributed by atoms with E-state index in [2.05, 4.69) is 17.4 Å². The molecule has 2 atom stereocenters.